The van der Waals surface area contributed by atoms with Crippen LogP contribution in [-0.2, 0) is 14.4 Å². The molecule has 0 aliphatic carbocycles. The Balaban J connectivity index is 1.92. The van der Waals surface area contributed by atoms with E-state index < -0.39 is 17.9 Å². The Hall–Kier alpha value is -4.05. The Labute approximate surface area is 186 Å². The Bertz CT molecular complexity index is 1290. The van der Waals surface area contributed by atoms with Crippen molar-refractivity contribution in [1.82, 2.24) is 14.8 Å². The van der Waals surface area contributed by atoms with E-state index in [0.29, 0.717) is 5.13 Å². The SMILES string of the molecule is CC(=O)Oc1cccc(OC(C)=O)c1-c1cc(OC(C)=O)n(-c2nc3ccccc3s2)n1. The summed E-state index contributed by atoms with van der Waals surface area (Å²) in [5, 5.41) is 5.01. The van der Waals surface area contributed by atoms with Gasteiger partial charge in [-0.25, -0.2) is 4.98 Å². The second kappa shape index (κ2) is 8.60. The van der Waals surface area contributed by atoms with E-state index in [-0.39, 0.29) is 28.6 Å². The molecule has 0 aliphatic heterocycles. The number of hydrogen-bond acceptors (Lipinski definition) is 9. The third-order valence-electron chi connectivity index (χ3n) is 4.14. The van der Waals surface area contributed by atoms with Crippen LogP contribution in [0.5, 0.6) is 17.4 Å². The Kier molecular flexibility index (Phi) is 5.69. The third kappa shape index (κ3) is 4.35. The number of rotatable bonds is 5. The smallest absolute Gasteiger partial charge is 0.309 e. The minimum Gasteiger partial charge on any atom is -0.426 e. The Morgan fingerprint density at radius 2 is 1.47 bits per heavy atom. The van der Waals surface area contributed by atoms with Crippen molar-refractivity contribution in [3.05, 3.63) is 48.5 Å². The van der Waals surface area contributed by atoms with Crippen LogP contribution in [-0.4, -0.2) is 32.7 Å². The van der Waals surface area contributed by atoms with Gasteiger partial charge in [0.05, 0.1) is 15.8 Å². The van der Waals surface area contributed by atoms with Crippen LogP contribution >= 0.6 is 11.3 Å². The van der Waals surface area contributed by atoms with Crippen molar-refractivity contribution >= 4 is 39.5 Å². The summed E-state index contributed by atoms with van der Waals surface area (Å²) < 4.78 is 18.3. The molecule has 0 aliphatic rings. The molecule has 2 heterocycles. The maximum absolute atomic E-state index is 11.7. The van der Waals surface area contributed by atoms with Crippen LogP contribution < -0.4 is 14.2 Å². The van der Waals surface area contributed by atoms with Crippen molar-refractivity contribution in [2.24, 2.45) is 0 Å². The highest BCUT2D eigenvalue weighted by Crippen LogP contribution is 2.40. The molecular weight excluding hydrogens is 434 g/mol. The number of aromatic nitrogens is 3. The van der Waals surface area contributed by atoms with Gasteiger partial charge < -0.3 is 14.2 Å². The molecule has 0 saturated heterocycles. The summed E-state index contributed by atoms with van der Waals surface area (Å²) in [6.45, 7) is 3.78. The van der Waals surface area contributed by atoms with Gasteiger partial charge in [-0.15, -0.1) is 0 Å². The first-order valence-corrected chi connectivity index (χ1v) is 10.3. The minimum atomic E-state index is -0.558. The normalized spacial score (nSPS) is 10.7. The van der Waals surface area contributed by atoms with Crippen molar-refractivity contribution in [3.63, 3.8) is 0 Å². The molecule has 2 aromatic heterocycles. The summed E-state index contributed by atoms with van der Waals surface area (Å²) in [7, 11) is 0. The van der Waals surface area contributed by atoms with Gasteiger partial charge in [0.25, 0.3) is 0 Å². The first-order valence-electron chi connectivity index (χ1n) is 9.46. The fraction of sp³-hybridized carbons (Fsp3) is 0.136. The van der Waals surface area contributed by atoms with E-state index in [9.17, 15) is 14.4 Å². The molecule has 0 fully saturated rings. The summed E-state index contributed by atoms with van der Waals surface area (Å²) in [4.78, 5) is 39.5. The van der Waals surface area contributed by atoms with Crippen LogP contribution in [0, 0.1) is 0 Å². The molecule has 0 unspecified atom stereocenters. The van der Waals surface area contributed by atoms with E-state index in [1.165, 1.54) is 42.9 Å². The second-order valence-corrected chi connectivity index (χ2v) is 7.66. The molecule has 0 amide bonds. The zero-order chi connectivity index (χ0) is 22.8. The van der Waals surface area contributed by atoms with Crippen LogP contribution in [0.15, 0.2) is 48.5 Å². The topological polar surface area (TPSA) is 110 Å². The molecule has 0 atom stereocenters. The first-order chi connectivity index (χ1) is 15.3. The number of carbonyl (C=O) groups is 3. The highest BCUT2D eigenvalue weighted by atomic mass is 32.1. The summed E-state index contributed by atoms with van der Waals surface area (Å²) in [6, 6.07) is 13.7. The number of ether oxygens (including phenoxy) is 3. The van der Waals surface area contributed by atoms with Gasteiger partial charge >= 0.3 is 17.9 Å². The maximum atomic E-state index is 11.7. The lowest BCUT2D eigenvalue weighted by Gasteiger charge is -2.11. The maximum Gasteiger partial charge on any atom is 0.309 e. The largest absolute Gasteiger partial charge is 0.426 e. The Morgan fingerprint density at radius 1 is 0.844 bits per heavy atom. The number of esters is 3. The van der Waals surface area contributed by atoms with E-state index in [4.69, 9.17) is 14.2 Å². The van der Waals surface area contributed by atoms with Crippen LogP contribution in [0.1, 0.15) is 20.8 Å². The van der Waals surface area contributed by atoms with Gasteiger partial charge in [-0.3, -0.25) is 14.4 Å². The number of nitrogens with zero attached hydrogens (tertiary/aromatic N) is 3. The Morgan fingerprint density at radius 3 is 2.06 bits per heavy atom. The number of para-hydroxylation sites is 1. The first kappa shape index (κ1) is 21.2. The van der Waals surface area contributed by atoms with Crippen molar-refractivity contribution in [3.8, 4) is 33.8 Å². The van der Waals surface area contributed by atoms with Crippen molar-refractivity contribution in [1.29, 1.82) is 0 Å². The molecule has 32 heavy (non-hydrogen) atoms. The van der Waals surface area contributed by atoms with E-state index >= 15 is 0 Å². The minimum absolute atomic E-state index is 0.109. The molecule has 4 aromatic rings. The quantitative estimate of drug-likeness (QED) is 0.332. The summed E-state index contributed by atoms with van der Waals surface area (Å²) >= 11 is 1.36. The molecule has 162 valence electrons. The van der Waals surface area contributed by atoms with E-state index in [1.807, 2.05) is 24.3 Å². The second-order valence-electron chi connectivity index (χ2n) is 6.65. The molecule has 0 spiro atoms. The van der Waals surface area contributed by atoms with E-state index in [1.54, 1.807) is 18.2 Å². The molecule has 0 N–H and O–H groups in total. The van der Waals surface area contributed by atoms with Crippen LogP contribution in [0.4, 0.5) is 0 Å². The van der Waals surface area contributed by atoms with Gasteiger partial charge in [-0.05, 0) is 24.3 Å². The molecule has 9 nitrogen and oxygen atoms in total. The van der Waals surface area contributed by atoms with Gasteiger partial charge in [0.1, 0.15) is 17.2 Å². The van der Waals surface area contributed by atoms with Crippen molar-refractivity contribution < 1.29 is 28.6 Å². The molecule has 0 saturated carbocycles. The fourth-order valence-corrected chi connectivity index (χ4v) is 3.96. The number of fused-ring (bicyclic) bond motifs is 1. The zero-order valence-corrected chi connectivity index (χ0v) is 18.1. The molecular formula is C22H17N3O6S. The van der Waals surface area contributed by atoms with Gasteiger partial charge in [0.15, 0.2) is 0 Å². The highest BCUT2D eigenvalue weighted by molar-refractivity contribution is 7.20. The molecule has 0 bridgehead atoms. The summed E-state index contributed by atoms with van der Waals surface area (Å²) in [5.41, 5.74) is 1.28. The molecule has 2 aromatic carbocycles. The van der Waals surface area contributed by atoms with E-state index in [0.717, 1.165) is 10.2 Å². The highest BCUT2D eigenvalue weighted by Gasteiger charge is 2.23. The van der Waals surface area contributed by atoms with Gasteiger partial charge in [0, 0.05) is 26.8 Å². The van der Waals surface area contributed by atoms with Crippen LogP contribution in [0.2, 0.25) is 0 Å². The number of hydrogen-bond donors (Lipinski definition) is 0. The average molecular weight is 451 g/mol. The third-order valence-corrected chi connectivity index (χ3v) is 5.15. The predicted molar refractivity (Wildman–Crippen MR) is 116 cm³/mol. The van der Waals surface area contributed by atoms with Gasteiger partial charge in [-0.2, -0.15) is 9.78 Å². The predicted octanol–water partition coefficient (Wildman–Crippen LogP) is 3.92. The van der Waals surface area contributed by atoms with Gasteiger partial charge in [0.2, 0.25) is 11.0 Å². The number of carbonyl (C=O) groups excluding carboxylic acids is 3. The fourth-order valence-electron chi connectivity index (χ4n) is 3.04. The van der Waals surface area contributed by atoms with E-state index in [2.05, 4.69) is 10.1 Å². The zero-order valence-electron chi connectivity index (χ0n) is 17.3. The number of thiazole rings is 1. The van der Waals surface area contributed by atoms with Crippen LogP contribution in [0.25, 0.3) is 26.6 Å². The lowest BCUT2D eigenvalue weighted by molar-refractivity contribution is -0.133. The number of benzene rings is 2. The molecule has 4 rings (SSSR count). The molecule has 0 radical (unpaired) electrons. The van der Waals surface area contributed by atoms with Crippen LogP contribution in [0.3, 0.4) is 0 Å². The monoisotopic (exact) mass is 451 g/mol. The summed E-state index contributed by atoms with van der Waals surface area (Å²) in [5.74, 6) is -1.28. The van der Waals surface area contributed by atoms with Gasteiger partial charge in [-0.1, -0.05) is 29.5 Å². The standard InChI is InChI=1S/C22H17N3O6S/c1-12(26)29-17-8-6-9-18(30-13(2)27)21(17)16-11-20(31-14(3)28)25(24-16)22-23-15-7-4-5-10-19(15)32-22/h4-11H,1-3H3. The summed E-state index contributed by atoms with van der Waals surface area (Å²) in [6.07, 6.45) is 0. The van der Waals surface area contributed by atoms with Crippen molar-refractivity contribution in [2.45, 2.75) is 20.8 Å². The lowest BCUT2D eigenvalue weighted by atomic mass is 10.1. The van der Waals surface area contributed by atoms with Crippen molar-refractivity contribution in [2.75, 3.05) is 0 Å². The average Bonchev–Trinajstić information content (AvgIpc) is 3.30. The lowest BCUT2D eigenvalue weighted by Crippen LogP contribution is -2.07. The molecule has 10 heteroatoms.